The zero-order chi connectivity index (χ0) is 18.3. The van der Waals surface area contributed by atoms with Crippen LogP contribution in [0.4, 0.5) is 4.79 Å². The van der Waals surface area contributed by atoms with Crippen LogP contribution in [0.3, 0.4) is 0 Å². The maximum atomic E-state index is 13.3. The molecule has 2 aliphatic heterocycles. The number of rotatable bonds is 2. The minimum atomic E-state index is -0.558. The molecule has 26 heavy (non-hydrogen) atoms. The normalized spacial score (nSPS) is 22.8. The van der Waals surface area contributed by atoms with E-state index in [1.54, 1.807) is 23.3 Å². The van der Waals surface area contributed by atoms with Gasteiger partial charge in [-0.2, -0.15) is 0 Å². The maximum absolute atomic E-state index is 13.3. The van der Waals surface area contributed by atoms with Crippen LogP contribution in [-0.4, -0.2) is 54.1 Å². The first-order valence-corrected chi connectivity index (χ1v) is 9.74. The lowest BCUT2D eigenvalue weighted by molar-refractivity contribution is -0.00516. The molecule has 1 spiro atoms. The van der Waals surface area contributed by atoms with E-state index < -0.39 is 5.60 Å². The molecule has 0 bridgehead atoms. The molecule has 2 fully saturated rings. The van der Waals surface area contributed by atoms with Gasteiger partial charge in [0.1, 0.15) is 5.60 Å². The highest BCUT2D eigenvalue weighted by Crippen LogP contribution is 2.36. The summed E-state index contributed by atoms with van der Waals surface area (Å²) in [5.41, 5.74) is 2.26. The van der Waals surface area contributed by atoms with Gasteiger partial charge in [0, 0.05) is 29.4 Å². The monoisotopic (exact) mass is 370 g/mol. The number of thiophene rings is 1. The number of piperidine rings is 1. The van der Waals surface area contributed by atoms with Gasteiger partial charge in [-0.05, 0) is 25.3 Å². The van der Waals surface area contributed by atoms with Crippen molar-refractivity contribution in [2.75, 3.05) is 26.7 Å². The Bertz CT molecular complexity index is 848. The maximum Gasteiger partial charge on any atom is 0.410 e. The standard InChI is InChI=1S/C20H22N2O3S/c1-14-17(15-7-4-3-5-8-15)16(11-26-14)18(23)22-10-6-9-20(13-22)12-21(2)19(24)25-20/h3-5,7-8,11H,6,9-10,12-13H2,1-2H3/t20-/m1/s1. The van der Waals surface area contributed by atoms with E-state index in [1.165, 1.54) is 0 Å². The molecule has 0 aliphatic carbocycles. The van der Waals surface area contributed by atoms with Gasteiger partial charge in [-0.25, -0.2) is 4.79 Å². The van der Waals surface area contributed by atoms with E-state index in [0.29, 0.717) is 19.6 Å². The van der Waals surface area contributed by atoms with Crippen LogP contribution in [0.25, 0.3) is 11.1 Å². The quantitative estimate of drug-likeness (QED) is 0.808. The molecule has 136 valence electrons. The fourth-order valence-electron chi connectivity index (χ4n) is 4.02. The molecular formula is C20H22N2O3S. The molecule has 2 aliphatic rings. The number of carbonyl (C=O) groups excluding carboxylic acids is 2. The van der Waals surface area contributed by atoms with Gasteiger partial charge in [0.15, 0.2) is 0 Å². The third-order valence-corrected chi connectivity index (χ3v) is 6.15. The molecule has 2 aromatic rings. The molecule has 0 radical (unpaired) electrons. The van der Waals surface area contributed by atoms with Crippen LogP contribution in [0.1, 0.15) is 28.1 Å². The van der Waals surface area contributed by atoms with Gasteiger partial charge in [0.25, 0.3) is 5.91 Å². The highest BCUT2D eigenvalue weighted by atomic mass is 32.1. The Morgan fingerprint density at radius 3 is 2.69 bits per heavy atom. The number of nitrogens with zero attached hydrogens (tertiary/aromatic N) is 2. The van der Waals surface area contributed by atoms with Crippen molar-refractivity contribution >= 4 is 23.3 Å². The van der Waals surface area contributed by atoms with Gasteiger partial charge in [-0.15, -0.1) is 11.3 Å². The summed E-state index contributed by atoms with van der Waals surface area (Å²) in [4.78, 5) is 29.7. The number of likely N-dealkylation sites (tertiary alicyclic amines) is 1. The first kappa shape index (κ1) is 17.1. The van der Waals surface area contributed by atoms with Gasteiger partial charge < -0.3 is 14.5 Å². The predicted molar refractivity (Wildman–Crippen MR) is 101 cm³/mol. The smallest absolute Gasteiger partial charge is 0.410 e. The molecule has 4 rings (SSSR count). The summed E-state index contributed by atoms with van der Waals surface area (Å²) in [7, 11) is 1.74. The number of benzene rings is 1. The van der Waals surface area contributed by atoms with E-state index >= 15 is 0 Å². The molecule has 2 amide bonds. The van der Waals surface area contributed by atoms with Crippen LogP contribution in [0.5, 0.6) is 0 Å². The first-order valence-electron chi connectivity index (χ1n) is 8.86. The Hall–Kier alpha value is -2.34. The SMILES string of the molecule is Cc1scc(C(=O)N2CCC[C@@]3(CN(C)C(=O)O3)C2)c1-c1ccccc1. The second-order valence-corrected chi connectivity index (χ2v) is 8.27. The molecule has 1 atom stereocenters. The Balaban J connectivity index is 1.62. The largest absolute Gasteiger partial charge is 0.439 e. The van der Waals surface area contributed by atoms with Gasteiger partial charge in [-0.1, -0.05) is 30.3 Å². The van der Waals surface area contributed by atoms with E-state index in [-0.39, 0.29) is 12.0 Å². The van der Waals surface area contributed by atoms with Crippen LogP contribution in [0.2, 0.25) is 0 Å². The Morgan fingerprint density at radius 2 is 2.00 bits per heavy atom. The lowest BCUT2D eigenvalue weighted by Crippen LogP contribution is -2.52. The summed E-state index contributed by atoms with van der Waals surface area (Å²) in [6.45, 7) is 3.76. The van der Waals surface area contributed by atoms with E-state index in [4.69, 9.17) is 4.74 Å². The average Bonchev–Trinajstić information content (AvgIpc) is 3.15. The van der Waals surface area contributed by atoms with Gasteiger partial charge >= 0.3 is 6.09 Å². The number of hydrogen-bond donors (Lipinski definition) is 0. The minimum absolute atomic E-state index is 0.0258. The van der Waals surface area contributed by atoms with Crippen LogP contribution in [-0.2, 0) is 4.74 Å². The first-order chi connectivity index (χ1) is 12.5. The number of carbonyl (C=O) groups is 2. The van der Waals surface area contributed by atoms with Crippen LogP contribution >= 0.6 is 11.3 Å². The lowest BCUT2D eigenvalue weighted by Gasteiger charge is -2.38. The minimum Gasteiger partial charge on any atom is -0.439 e. The average molecular weight is 370 g/mol. The number of hydrogen-bond acceptors (Lipinski definition) is 4. The fraction of sp³-hybridized carbons (Fsp3) is 0.400. The molecule has 0 unspecified atom stereocenters. The van der Waals surface area contributed by atoms with Crippen LogP contribution < -0.4 is 0 Å². The molecule has 2 saturated heterocycles. The van der Waals surface area contributed by atoms with Gasteiger partial charge in [0.05, 0.1) is 18.7 Å². The number of likely N-dealkylation sites (N-methyl/N-ethyl adjacent to an activating group) is 1. The summed E-state index contributed by atoms with van der Waals surface area (Å²) in [5, 5.41) is 1.95. The highest BCUT2D eigenvalue weighted by molar-refractivity contribution is 7.10. The number of aryl methyl sites for hydroxylation is 1. The summed E-state index contributed by atoms with van der Waals surface area (Å²) < 4.78 is 5.63. The van der Waals surface area contributed by atoms with Crippen LogP contribution in [0.15, 0.2) is 35.7 Å². The predicted octanol–water partition coefficient (Wildman–Crippen LogP) is 3.78. The van der Waals surface area contributed by atoms with Crippen molar-refractivity contribution in [3.05, 3.63) is 46.2 Å². The number of ether oxygens (including phenoxy) is 1. The molecule has 0 saturated carbocycles. The van der Waals surface area contributed by atoms with E-state index in [9.17, 15) is 9.59 Å². The Morgan fingerprint density at radius 1 is 1.23 bits per heavy atom. The zero-order valence-electron chi connectivity index (χ0n) is 15.0. The van der Waals surface area contributed by atoms with E-state index in [2.05, 4.69) is 6.92 Å². The summed E-state index contributed by atoms with van der Waals surface area (Å²) in [5.74, 6) is 0.0258. The topological polar surface area (TPSA) is 49.9 Å². The summed E-state index contributed by atoms with van der Waals surface area (Å²) in [6, 6.07) is 10.0. The molecule has 5 nitrogen and oxygen atoms in total. The van der Waals surface area contributed by atoms with Gasteiger partial charge in [0.2, 0.25) is 0 Å². The third-order valence-electron chi connectivity index (χ3n) is 5.24. The lowest BCUT2D eigenvalue weighted by atomic mass is 9.92. The van der Waals surface area contributed by atoms with Crippen molar-refractivity contribution in [3.63, 3.8) is 0 Å². The molecular weight excluding hydrogens is 348 g/mol. The van der Waals surface area contributed by atoms with Crippen LogP contribution in [0, 0.1) is 6.92 Å². The van der Waals surface area contributed by atoms with Crippen molar-refractivity contribution in [1.82, 2.24) is 9.80 Å². The summed E-state index contributed by atoms with van der Waals surface area (Å²) in [6.07, 6.45) is 1.35. The fourth-order valence-corrected chi connectivity index (χ4v) is 4.88. The van der Waals surface area contributed by atoms with Crippen molar-refractivity contribution in [2.24, 2.45) is 0 Å². The van der Waals surface area contributed by atoms with Gasteiger partial charge in [-0.3, -0.25) is 4.79 Å². The van der Waals surface area contributed by atoms with E-state index in [1.807, 2.05) is 40.6 Å². The molecule has 1 aromatic heterocycles. The Labute approximate surface area is 157 Å². The van der Waals surface area contributed by atoms with Crippen molar-refractivity contribution < 1.29 is 14.3 Å². The van der Waals surface area contributed by atoms with E-state index in [0.717, 1.165) is 34.4 Å². The van der Waals surface area contributed by atoms with Crippen molar-refractivity contribution in [3.8, 4) is 11.1 Å². The van der Waals surface area contributed by atoms with Crippen molar-refractivity contribution in [2.45, 2.75) is 25.4 Å². The molecule has 6 heteroatoms. The molecule has 3 heterocycles. The molecule has 1 aromatic carbocycles. The number of amides is 2. The Kier molecular flexibility index (Phi) is 4.23. The second kappa shape index (κ2) is 6.43. The third kappa shape index (κ3) is 2.88. The van der Waals surface area contributed by atoms with Crippen molar-refractivity contribution in [1.29, 1.82) is 0 Å². The zero-order valence-corrected chi connectivity index (χ0v) is 15.8. The molecule has 0 N–H and O–H groups in total. The second-order valence-electron chi connectivity index (χ2n) is 7.18. The highest BCUT2D eigenvalue weighted by Gasteiger charge is 2.47. The summed E-state index contributed by atoms with van der Waals surface area (Å²) >= 11 is 1.60.